The van der Waals surface area contributed by atoms with Crippen LogP contribution >= 0.6 is 0 Å². The summed E-state index contributed by atoms with van der Waals surface area (Å²) in [4.78, 5) is 73.0. The molecule has 3 aliphatic rings. The number of alkyl halides is 1. The first-order valence-electron chi connectivity index (χ1n) is 20.5. The number of halogens is 2. The molecule has 4 aromatic rings. The SMILES string of the molecule is COC(=O)N[C@H](C(=O)N1CCN(C)CC1c1nc(-c2ccc3c(c2)Oc2cc(-c4cnc([C@@H]5CCCN5C(=O)[C@@H](NC(=O)OC)C(C)C)[nH]4)c(F)cc2C3(C)F)c[nH]1)C(C)C. The van der Waals surface area contributed by atoms with Crippen LogP contribution in [-0.4, -0.2) is 118 Å². The van der Waals surface area contributed by atoms with Gasteiger partial charge in [0.05, 0.1) is 37.8 Å². The number of ether oxygens (including phenoxy) is 3. The van der Waals surface area contributed by atoms with Crippen molar-refractivity contribution in [3.05, 3.63) is 71.3 Å². The van der Waals surface area contributed by atoms with Crippen LogP contribution in [0.2, 0.25) is 0 Å². The first kappa shape index (κ1) is 43.1. The number of fused-ring (bicyclic) bond motifs is 2. The summed E-state index contributed by atoms with van der Waals surface area (Å²) in [6.07, 6.45) is 3.11. The fourth-order valence-corrected chi connectivity index (χ4v) is 8.41. The van der Waals surface area contributed by atoms with Crippen LogP contribution in [-0.2, 0) is 24.7 Å². The predicted molar refractivity (Wildman–Crippen MR) is 220 cm³/mol. The van der Waals surface area contributed by atoms with Crippen LogP contribution in [0.15, 0.2) is 42.7 Å². The van der Waals surface area contributed by atoms with E-state index in [0.29, 0.717) is 67.6 Å². The molecular formula is C43H53F2N9O7. The zero-order chi connectivity index (χ0) is 43.9. The summed E-state index contributed by atoms with van der Waals surface area (Å²) in [6, 6.07) is 5.08. The lowest BCUT2D eigenvalue weighted by atomic mass is 9.85. The van der Waals surface area contributed by atoms with Gasteiger partial charge in [-0.3, -0.25) is 9.59 Å². The van der Waals surface area contributed by atoms with Crippen LogP contribution < -0.4 is 15.4 Å². The minimum atomic E-state index is -2.12. The molecular weight excluding hydrogens is 793 g/mol. The lowest BCUT2D eigenvalue weighted by Gasteiger charge is -2.41. The van der Waals surface area contributed by atoms with Crippen molar-refractivity contribution in [3.63, 3.8) is 0 Å². The molecule has 18 heteroatoms. The first-order chi connectivity index (χ1) is 29.0. The molecule has 5 heterocycles. The van der Waals surface area contributed by atoms with Gasteiger partial charge in [0, 0.05) is 54.6 Å². The van der Waals surface area contributed by atoms with E-state index in [1.807, 2.05) is 34.7 Å². The van der Waals surface area contributed by atoms with Gasteiger partial charge >= 0.3 is 12.2 Å². The van der Waals surface area contributed by atoms with Crippen LogP contribution in [0.5, 0.6) is 11.5 Å². The van der Waals surface area contributed by atoms with Crippen molar-refractivity contribution in [1.82, 2.24) is 45.3 Å². The van der Waals surface area contributed by atoms with Crippen LogP contribution in [0, 0.1) is 17.7 Å². The number of hydrogen-bond acceptors (Lipinski definition) is 10. The molecule has 0 bridgehead atoms. The van der Waals surface area contributed by atoms with Gasteiger partial charge < -0.3 is 49.5 Å². The highest BCUT2D eigenvalue weighted by atomic mass is 19.1. The smallest absolute Gasteiger partial charge is 0.407 e. The highest BCUT2D eigenvalue weighted by Gasteiger charge is 2.42. The molecule has 4 amide bonds. The number of methoxy groups -OCH3 is 2. The quantitative estimate of drug-likeness (QED) is 0.144. The molecule has 2 unspecified atom stereocenters. The summed E-state index contributed by atoms with van der Waals surface area (Å²) in [5, 5.41) is 5.30. The molecule has 3 aliphatic heterocycles. The van der Waals surface area contributed by atoms with Crippen LogP contribution in [0.25, 0.3) is 22.5 Å². The van der Waals surface area contributed by atoms with Gasteiger partial charge in [-0.2, -0.15) is 0 Å². The number of imidazole rings is 2. The van der Waals surface area contributed by atoms with Gasteiger partial charge in [0.1, 0.15) is 47.1 Å². The molecule has 2 aromatic heterocycles. The molecule has 7 rings (SSSR count). The fraction of sp³-hybridized carbons (Fsp3) is 0.488. The Morgan fingerprint density at radius 2 is 1.52 bits per heavy atom. The van der Waals surface area contributed by atoms with Gasteiger partial charge in [0.15, 0.2) is 5.67 Å². The lowest BCUT2D eigenvalue weighted by molar-refractivity contribution is -0.139. The normalized spacial score (nSPS) is 21.0. The Bertz CT molecular complexity index is 2310. The number of benzene rings is 2. The topological polar surface area (TPSA) is 187 Å². The third kappa shape index (κ3) is 8.37. The average Bonchev–Trinajstić information content (AvgIpc) is 4.03. The standard InChI is InChI=1S/C43H53F2N9O7/c1-22(2)35(50-41(57)59-7)39(55)53-13-9-10-31(53)37-47-20-30(49-37)25-17-34-27(18-28(25)44)43(5,45)26-12-11-24(16-33(26)61-34)29-19-46-38(48-29)32-21-52(6)14-15-54(32)40(56)36(23(3)4)51-42(58)60-8/h11-12,16-20,22-23,31-32,35-36H,9-10,13-15,21H2,1-8H3,(H,46,48)(H,47,49)(H,50,57)(H,51,58)/t31-,32?,35-,36-,43?/m0/s1. The number of rotatable bonds is 10. The highest BCUT2D eigenvalue weighted by Crippen LogP contribution is 2.51. The Kier molecular flexibility index (Phi) is 12.1. The molecule has 16 nitrogen and oxygen atoms in total. The second-order valence-electron chi connectivity index (χ2n) is 16.7. The van der Waals surface area contributed by atoms with E-state index >= 15 is 8.78 Å². The summed E-state index contributed by atoms with van der Waals surface area (Å²) in [5.74, 6) is -0.281. The number of nitrogens with zero attached hydrogens (tertiary/aromatic N) is 5. The number of aromatic nitrogens is 4. The van der Waals surface area contributed by atoms with Crippen molar-refractivity contribution in [1.29, 1.82) is 0 Å². The van der Waals surface area contributed by atoms with Gasteiger partial charge in [0.2, 0.25) is 11.8 Å². The first-order valence-corrected chi connectivity index (χ1v) is 20.5. The fourth-order valence-electron chi connectivity index (χ4n) is 8.41. The molecule has 0 radical (unpaired) electrons. The van der Waals surface area contributed by atoms with Crippen molar-refractivity contribution >= 4 is 24.0 Å². The van der Waals surface area contributed by atoms with Crippen LogP contribution in [0.1, 0.15) is 82.3 Å². The maximum absolute atomic E-state index is 16.8. The summed E-state index contributed by atoms with van der Waals surface area (Å²) in [6.45, 7) is 10.7. The van der Waals surface area contributed by atoms with Crippen molar-refractivity contribution in [3.8, 4) is 34.0 Å². The van der Waals surface area contributed by atoms with E-state index in [4.69, 9.17) is 19.2 Å². The van der Waals surface area contributed by atoms with Gasteiger partial charge in [-0.05, 0) is 56.8 Å². The van der Waals surface area contributed by atoms with Gasteiger partial charge in [-0.15, -0.1) is 0 Å². The maximum Gasteiger partial charge on any atom is 0.407 e. The highest BCUT2D eigenvalue weighted by molar-refractivity contribution is 5.87. The van der Waals surface area contributed by atoms with Gasteiger partial charge in [-0.1, -0.05) is 39.8 Å². The number of likely N-dealkylation sites (N-methyl/N-ethyl adjacent to an activating group) is 1. The number of carbonyl (C=O) groups excluding carboxylic acids is 4. The second-order valence-corrected chi connectivity index (χ2v) is 16.7. The lowest BCUT2D eigenvalue weighted by Crippen LogP contribution is -2.57. The minimum absolute atomic E-state index is 0.0220. The Hall–Kier alpha value is -6.04. The Morgan fingerprint density at radius 3 is 2.16 bits per heavy atom. The molecule has 0 spiro atoms. The summed E-state index contributed by atoms with van der Waals surface area (Å²) in [7, 11) is 4.45. The van der Waals surface area contributed by atoms with E-state index in [9.17, 15) is 19.2 Å². The van der Waals surface area contributed by atoms with E-state index < -0.39 is 47.8 Å². The monoisotopic (exact) mass is 845 g/mol. The molecule has 0 saturated carbocycles. The predicted octanol–water partition coefficient (Wildman–Crippen LogP) is 6.18. The van der Waals surface area contributed by atoms with E-state index in [2.05, 4.69) is 30.5 Å². The number of likely N-dealkylation sites (tertiary alicyclic amines) is 1. The number of nitrogens with one attached hydrogen (secondary N) is 4. The number of H-pyrrole nitrogens is 2. The van der Waals surface area contributed by atoms with E-state index in [1.165, 1.54) is 33.4 Å². The molecule has 61 heavy (non-hydrogen) atoms. The zero-order valence-electron chi connectivity index (χ0n) is 35.6. The molecule has 2 saturated heterocycles. The number of alkyl carbamates (subject to hydrolysis) is 2. The largest absolute Gasteiger partial charge is 0.456 e. The summed E-state index contributed by atoms with van der Waals surface area (Å²) >= 11 is 0. The number of amides is 4. The second kappa shape index (κ2) is 17.1. The van der Waals surface area contributed by atoms with E-state index in [0.717, 1.165) is 6.07 Å². The molecule has 326 valence electrons. The van der Waals surface area contributed by atoms with Crippen molar-refractivity contribution in [2.24, 2.45) is 11.8 Å². The number of piperazine rings is 1. The van der Waals surface area contributed by atoms with Crippen molar-refractivity contribution in [2.45, 2.75) is 77.3 Å². The Labute approximate surface area is 352 Å². The summed E-state index contributed by atoms with van der Waals surface area (Å²) in [5.41, 5.74) is -0.312. The van der Waals surface area contributed by atoms with Crippen molar-refractivity contribution in [2.75, 3.05) is 47.4 Å². The van der Waals surface area contributed by atoms with Crippen LogP contribution in [0.4, 0.5) is 18.4 Å². The average molecular weight is 846 g/mol. The van der Waals surface area contributed by atoms with Crippen LogP contribution in [0.3, 0.4) is 0 Å². The van der Waals surface area contributed by atoms with E-state index in [1.54, 1.807) is 34.2 Å². The van der Waals surface area contributed by atoms with Gasteiger partial charge in [-0.25, -0.2) is 28.3 Å². The maximum atomic E-state index is 16.8. The zero-order valence-corrected chi connectivity index (χ0v) is 35.6. The molecule has 0 aliphatic carbocycles. The number of carbonyl (C=O) groups is 4. The molecule has 4 N–H and O–H groups in total. The van der Waals surface area contributed by atoms with E-state index in [-0.39, 0.29) is 51.8 Å². The Balaban J connectivity index is 1.13. The third-order valence-corrected chi connectivity index (χ3v) is 11.9. The number of aromatic amines is 2. The number of hydrogen-bond donors (Lipinski definition) is 4. The van der Waals surface area contributed by atoms with Gasteiger partial charge in [0.25, 0.3) is 0 Å². The molecule has 2 aromatic carbocycles. The Morgan fingerprint density at radius 1 is 0.885 bits per heavy atom. The minimum Gasteiger partial charge on any atom is -0.456 e. The molecule has 2 fully saturated rings. The third-order valence-electron chi connectivity index (χ3n) is 11.9. The van der Waals surface area contributed by atoms with Crippen molar-refractivity contribution < 1.29 is 42.2 Å². The summed E-state index contributed by atoms with van der Waals surface area (Å²) < 4.78 is 48.7. The molecule has 5 atom stereocenters.